The fraction of sp³-hybridized carbons (Fsp3) is 0.556. The van der Waals surface area contributed by atoms with E-state index in [9.17, 15) is 19.8 Å². The minimum atomic E-state index is -0.903. The number of rotatable bonds is 12. The summed E-state index contributed by atoms with van der Waals surface area (Å²) in [6, 6.07) is 4.52. The molecule has 146 valence electrons. The average Bonchev–Trinajstić information content (AvgIpc) is 2.56. The highest BCUT2D eigenvalue weighted by Gasteiger charge is 2.19. The van der Waals surface area contributed by atoms with E-state index in [0.717, 1.165) is 5.56 Å². The highest BCUT2D eigenvalue weighted by molar-refractivity contribution is 5.77. The summed E-state index contributed by atoms with van der Waals surface area (Å²) in [5.41, 5.74) is 0.226. The van der Waals surface area contributed by atoms with E-state index in [1.807, 2.05) is 13.8 Å². The summed E-state index contributed by atoms with van der Waals surface area (Å²) in [6.45, 7) is 4.46. The Hall–Kier alpha value is -2.32. The van der Waals surface area contributed by atoms with Gasteiger partial charge in [-0.2, -0.15) is 0 Å². The number of carbonyl (C=O) groups excluding carboxylic acids is 1. The van der Waals surface area contributed by atoms with Crippen LogP contribution in [0.4, 0.5) is 0 Å². The van der Waals surface area contributed by atoms with Gasteiger partial charge < -0.3 is 30.1 Å². The monoisotopic (exact) mass is 369 g/mol. The van der Waals surface area contributed by atoms with Crippen molar-refractivity contribution in [3.05, 3.63) is 23.8 Å². The van der Waals surface area contributed by atoms with Crippen LogP contribution < -0.4 is 5.32 Å². The molecule has 0 aliphatic carbocycles. The Morgan fingerprint density at radius 1 is 1.15 bits per heavy atom. The predicted octanol–water partition coefficient (Wildman–Crippen LogP) is 1.43. The molecule has 8 nitrogen and oxygen atoms in total. The molecule has 0 radical (unpaired) electrons. The minimum absolute atomic E-state index is 0.0392. The van der Waals surface area contributed by atoms with E-state index in [1.165, 1.54) is 12.1 Å². The summed E-state index contributed by atoms with van der Waals surface area (Å²) in [5, 5.41) is 29.9. The molecule has 26 heavy (non-hydrogen) atoms. The van der Waals surface area contributed by atoms with Crippen LogP contribution in [0.5, 0.6) is 11.5 Å². The number of nitrogens with one attached hydrogen (secondary N) is 1. The van der Waals surface area contributed by atoms with E-state index >= 15 is 0 Å². The van der Waals surface area contributed by atoms with Crippen LogP contribution in [0.25, 0.3) is 0 Å². The Morgan fingerprint density at radius 3 is 2.54 bits per heavy atom. The number of phenols is 2. The molecule has 0 aromatic heterocycles. The number of aromatic hydroxyl groups is 2. The van der Waals surface area contributed by atoms with Crippen molar-refractivity contribution >= 4 is 11.9 Å². The molecule has 0 unspecified atom stereocenters. The first kappa shape index (κ1) is 21.7. The maximum atomic E-state index is 11.8. The molecule has 0 aliphatic rings. The standard InChI is InChI=1S/C18H27NO7/c1-18(2,7-10-25-9-6-17(23)24)26-12-16(22)19-8-5-13-3-4-14(20)15(21)11-13/h3-4,11,20-21H,5-10,12H2,1-2H3,(H,19,22)(H,23,24). The molecule has 1 aromatic rings. The average molecular weight is 369 g/mol. The SMILES string of the molecule is CC(C)(CCOCCC(=O)O)OCC(=O)NCCc1ccc(O)c(O)c1. The van der Waals surface area contributed by atoms with Gasteiger partial charge in [-0.05, 0) is 44.4 Å². The molecule has 0 fully saturated rings. The summed E-state index contributed by atoms with van der Waals surface area (Å²) in [5.74, 6) is -1.53. The lowest BCUT2D eigenvalue weighted by atomic mass is 10.1. The summed E-state index contributed by atoms with van der Waals surface area (Å²) in [6.07, 6.45) is 1.01. The van der Waals surface area contributed by atoms with Crippen LogP contribution in [0.15, 0.2) is 18.2 Å². The number of benzene rings is 1. The zero-order valence-corrected chi connectivity index (χ0v) is 15.2. The number of carboxylic acids is 1. The molecule has 0 bridgehead atoms. The Bertz CT molecular complexity index is 601. The van der Waals surface area contributed by atoms with E-state index < -0.39 is 11.6 Å². The third kappa shape index (κ3) is 9.24. The van der Waals surface area contributed by atoms with Crippen LogP contribution >= 0.6 is 0 Å². The van der Waals surface area contributed by atoms with Gasteiger partial charge in [-0.15, -0.1) is 0 Å². The molecule has 0 atom stereocenters. The molecule has 0 aliphatic heterocycles. The maximum absolute atomic E-state index is 11.8. The largest absolute Gasteiger partial charge is 0.504 e. The minimum Gasteiger partial charge on any atom is -0.504 e. The Morgan fingerprint density at radius 2 is 1.88 bits per heavy atom. The Kier molecular flexibility index (Phi) is 8.87. The third-order valence-electron chi connectivity index (χ3n) is 3.68. The molecule has 0 spiro atoms. The van der Waals surface area contributed by atoms with Gasteiger partial charge in [-0.25, -0.2) is 0 Å². The normalized spacial score (nSPS) is 11.3. The van der Waals surface area contributed by atoms with Crippen LogP contribution in [-0.4, -0.2) is 59.2 Å². The van der Waals surface area contributed by atoms with Gasteiger partial charge in [-0.3, -0.25) is 9.59 Å². The number of hydrogen-bond donors (Lipinski definition) is 4. The molecular weight excluding hydrogens is 342 g/mol. The molecule has 0 saturated carbocycles. The Labute approximate surface area is 152 Å². The number of hydrogen-bond acceptors (Lipinski definition) is 6. The molecule has 1 aromatic carbocycles. The highest BCUT2D eigenvalue weighted by atomic mass is 16.5. The van der Waals surface area contributed by atoms with E-state index in [0.29, 0.717) is 26.0 Å². The second kappa shape index (κ2) is 10.6. The van der Waals surface area contributed by atoms with Gasteiger partial charge in [0.2, 0.25) is 5.91 Å². The Balaban J connectivity index is 2.19. The van der Waals surface area contributed by atoms with E-state index in [4.69, 9.17) is 14.6 Å². The molecular formula is C18H27NO7. The lowest BCUT2D eigenvalue weighted by Gasteiger charge is -2.25. The second-order valence-corrected chi connectivity index (χ2v) is 6.48. The van der Waals surface area contributed by atoms with Gasteiger partial charge in [0.05, 0.1) is 18.6 Å². The van der Waals surface area contributed by atoms with Crippen molar-refractivity contribution in [1.29, 1.82) is 0 Å². The predicted molar refractivity (Wildman–Crippen MR) is 94.2 cm³/mol. The lowest BCUT2D eigenvalue weighted by Crippen LogP contribution is -2.35. The number of ether oxygens (including phenoxy) is 2. The van der Waals surface area contributed by atoms with E-state index in [-0.39, 0.29) is 37.0 Å². The number of carboxylic acid groups (broad SMARTS) is 1. The first-order valence-corrected chi connectivity index (χ1v) is 8.41. The van der Waals surface area contributed by atoms with Gasteiger partial charge >= 0.3 is 5.97 Å². The highest BCUT2D eigenvalue weighted by Crippen LogP contribution is 2.24. The van der Waals surface area contributed by atoms with Crippen molar-refractivity contribution in [1.82, 2.24) is 5.32 Å². The second-order valence-electron chi connectivity index (χ2n) is 6.48. The van der Waals surface area contributed by atoms with Crippen molar-refractivity contribution in [2.45, 2.75) is 38.7 Å². The van der Waals surface area contributed by atoms with Crippen LogP contribution in [0.3, 0.4) is 0 Å². The maximum Gasteiger partial charge on any atom is 0.305 e. The lowest BCUT2D eigenvalue weighted by molar-refractivity contribution is -0.139. The van der Waals surface area contributed by atoms with Crippen LogP contribution in [0, 0.1) is 0 Å². The smallest absolute Gasteiger partial charge is 0.305 e. The van der Waals surface area contributed by atoms with E-state index in [2.05, 4.69) is 5.32 Å². The van der Waals surface area contributed by atoms with E-state index in [1.54, 1.807) is 6.07 Å². The fourth-order valence-corrected chi connectivity index (χ4v) is 2.03. The molecule has 0 saturated heterocycles. The van der Waals surface area contributed by atoms with Gasteiger partial charge in [0.1, 0.15) is 6.61 Å². The number of aliphatic carboxylic acids is 1. The third-order valence-corrected chi connectivity index (χ3v) is 3.68. The van der Waals surface area contributed by atoms with Crippen LogP contribution in [0.1, 0.15) is 32.3 Å². The number of carbonyl (C=O) groups is 2. The van der Waals surface area contributed by atoms with Crippen molar-refractivity contribution in [2.75, 3.05) is 26.4 Å². The van der Waals surface area contributed by atoms with Gasteiger partial charge in [-0.1, -0.05) is 6.07 Å². The van der Waals surface area contributed by atoms with Crippen molar-refractivity contribution in [2.24, 2.45) is 0 Å². The first-order chi connectivity index (χ1) is 12.2. The molecule has 0 heterocycles. The van der Waals surface area contributed by atoms with Gasteiger partial charge in [0.25, 0.3) is 0 Å². The summed E-state index contributed by atoms with van der Waals surface area (Å²) in [7, 11) is 0. The summed E-state index contributed by atoms with van der Waals surface area (Å²) in [4.78, 5) is 22.2. The fourth-order valence-electron chi connectivity index (χ4n) is 2.03. The van der Waals surface area contributed by atoms with Gasteiger partial charge in [0, 0.05) is 13.2 Å². The first-order valence-electron chi connectivity index (χ1n) is 8.41. The molecule has 1 amide bonds. The summed E-state index contributed by atoms with van der Waals surface area (Å²) >= 11 is 0. The number of amides is 1. The quantitative estimate of drug-likeness (QED) is 0.324. The molecule has 1 rings (SSSR count). The van der Waals surface area contributed by atoms with Crippen molar-refractivity contribution in [3.8, 4) is 11.5 Å². The summed E-state index contributed by atoms with van der Waals surface area (Å²) < 4.78 is 10.8. The topological polar surface area (TPSA) is 125 Å². The van der Waals surface area contributed by atoms with Crippen LogP contribution in [0.2, 0.25) is 0 Å². The van der Waals surface area contributed by atoms with Crippen molar-refractivity contribution in [3.63, 3.8) is 0 Å². The van der Waals surface area contributed by atoms with Gasteiger partial charge in [0.15, 0.2) is 11.5 Å². The number of phenolic OH excluding ortho intramolecular Hbond substituents is 2. The van der Waals surface area contributed by atoms with Crippen molar-refractivity contribution < 1.29 is 34.4 Å². The zero-order valence-electron chi connectivity index (χ0n) is 15.2. The van der Waals surface area contributed by atoms with Crippen LogP contribution in [-0.2, 0) is 25.5 Å². The molecule has 8 heteroatoms. The molecule has 4 N–H and O–H groups in total. The zero-order chi connectivity index (χ0) is 19.6.